The molecule has 0 atom stereocenters. The zero-order valence-electron chi connectivity index (χ0n) is 10.1. The number of rotatable bonds is 3. The smallest absolute Gasteiger partial charge is 0.125 e. The van der Waals surface area contributed by atoms with Gasteiger partial charge < -0.3 is 9.30 Å². The van der Waals surface area contributed by atoms with Crippen molar-refractivity contribution in [2.24, 2.45) is 0 Å². The van der Waals surface area contributed by atoms with Gasteiger partial charge in [-0.3, -0.25) is 0 Å². The summed E-state index contributed by atoms with van der Waals surface area (Å²) in [7, 11) is 1.77. The van der Waals surface area contributed by atoms with E-state index in [1.807, 2.05) is 12.1 Å². The Morgan fingerprint density at radius 3 is 2.94 bits per heavy atom. The van der Waals surface area contributed by atoms with Gasteiger partial charge in [0.25, 0.3) is 0 Å². The Morgan fingerprint density at radius 1 is 1.50 bits per heavy atom. The summed E-state index contributed by atoms with van der Waals surface area (Å²) < 4.78 is 8.66. The molecule has 0 spiro atoms. The quantitative estimate of drug-likeness (QED) is 0.799. The second-order valence-corrected chi connectivity index (χ2v) is 5.83. The number of aromatic nitrogens is 2. The summed E-state index contributed by atoms with van der Waals surface area (Å²) >= 11 is 9.49. The molecule has 1 aromatic carbocycles. The molecule has 0 aliphatic heterocycles. The first kappa shape index (κ1) is 12.5. The van der Waals surface area contributed by atoms with Crippen molar-refractivity contribution in [2.45, 2.75) is 30.9 Å². The van der Waals surface area contributed by atoms with Crippen LogP contribution in [-0.2, 0) is 10.6 Å². The number of benzene rings is 1. The maximum absolute atomic E-state index is 6.01. The van der Waals surface area contributed by atoms with Crippen molar-refractivity contribution in [1.29, 1.82) is 0 Å². The van der Waals surface area contributed by atoms with Crippen LogP contribution in [0.25, 0.3) is 11.0 Å². The lowest BCUT2D eigenvalue weighted by molar-refractivity contribution is 0.00675. The molecule has 0 saturated heterocycles. The Labute approximate surface area is 119 Å². The first-order chi connectivity index (χ1) is 8.72. The second kappa shape index (κ2) is 4.83. The van der Waals surface area contributed by atoms with Crippen LogP contribution in [0.4, 0.5) is 0 Å². The number of hydrogen-bond donors (Lipinski definition) is 0. The largest absolute Gasteiger partial charge is 0.381 e. The number of fused-ring (bicyclic) bond motifs is 1. The van der Waals surface area contributed by atoms with E-state index in [1.54, 1.807) is 7.11 Å². The number of nitrogens with zero attached hydrogens (tertiary/aromatic N) is 2. The minimum atomic E-state index is 0.381. The maximum Gasteiger partial charge on any atom is 0.125 e. The predicted molar refractivity (Wildman–Crippen MR) is 76.1 cm³/mol. The lowest BCUT2D eigenvalue weighted by Gasteiger charge is -2.36. The number of imidazole rings is 1. The summed E-state index contributed by atoms with van der Waals surface area (Å²) in [5.74, 6) is 1.39. The lowest BCUT2D eigenvalue weighted by Crippen LogP contribution is -2.33. The first-order valence-corrected chi connectivity index (χ1v) is 7.30. The fraction of sp³-hybridized carbons (Fsp3) is 0.462. The summed E-state index contributed by atoms with van der Waals surface area (Å²) in [5, 5.41) is 0. The van der Waals surface area contributed by atoms with Gasteiger partial charge in [0.05, 0.1) is 23.0 Å². The fourth-order valence-electron chi connectivity index (χ4n) is 2.56. The lowest BCUT2D eigenvalue weighted by atomic mass is 9.89. The number of methoxy groups -OCH3 is 1. The van der Waals surface area contributed by atoms with Gasteiger partial charge in [0, 0.05) is 17.6 Å². The monoisotopic (exact) mass is 328 g/mol. The molecule has 3 nitrogen and oxygen atoms in total. The molecular weight excluding hydrogens is 316 g/mol. The Hall–Kier alpha value is -0.580. The highest BCUT2D eigenvalue weighted by molar-refractivity contribution is 9.10. The van der Waals surface area contributed by atoms with E-state index in [1.165, 1.54) is 0 Å². The molecule has 0 N–H and O–H groups in total. The average molecular weight is 330 g/mol. The van der Waals surface area contributed by atoms with E-state index >= 15 is 0 Å². The van der Waals surface area contributed by atoms with Crippen LogP contribution < -0.4 is 0 Å². The molecule has 2 aromatic rings. The minimum absolute atomic E-state index is 0.381. The van der Waals surface area contributed by atoms with Gasteiger partial charge in [0.2, 0.25) is 0 Å². The topological polar surface area (TPSA) is 27.1 Å². The first-order valence-electron chi connectivity index (χ1n) is 5.98. The molecule has 3 rings (SSSR count). The zero-order chi connectivity index (χ0) is 12.7. The van der Waals surface area contributed by atoms with E-state index in [0.29, 0.717) is 18.0 Å². The van der Waals surface area contributed by atoms with Crippen LogP contribution in [0.1, 0.15) is 24.7 Å². The third-order valence-corrected chi connectivity index (χ3v) is 4.34. The molecule has 1 heterocycles. The molecule has 1 saturated carbocycles. The number of hydrogen-bond acceptors (Lipinski definition) is 2. The van der Waals surface area contributed by atoms with Crippen molar-refractivity contribution < 1.29 is 4.74 Å². The van der Waals surface area contributed by atoms with Crippen LogP contribution in [0, 0.1) is 0 Å². The van der Waals surface area contributed by atoms with Crippen LogP contribution in [0.3, 0.4) is 0 Å². The number of alkyl halides is 1. The van der Waals surface area contributed by atoms with Gasteiger partial charge in [0.1, 0.15) is 5.82 Å². The Kier molecular flexibility index (Phi) is 3.34. The van der Waals surface area contributed by atoms with E-state index < -0.39 is 0 Å². The van der Waals surface area contributed by atoms with Crippen molar-refractivity contribution in [3.05, 3.63) is 28.5 Å². The molecule has 5 heteroatoms. The highest BCUT2D eigenvalue weighted by Crippen LogP contribution is 2.38. The van der Waals surface area contributed by atoms with E-state index in [9.17, 15) is 0 Å². The molecule has 1 aliphatic rings. The average Bonchev–Trinajstić information content (AvgIpc) is 2.66. The molecule has 1 aromatic heterocycles. The van der Waals surface area contributed by atoms with Crippen molar-refractivity contribution in [3.8, 4) is 0 Å². The normalized spacial score (nSPS) is 23.3. The van der Waals surface area contributed by atoms with Crippen LogP contribution in [-0.4, -0.2) is 22.8 Å². The van der Waals surface area contributed by atoms with Gasteiger partial charge >= 0.3 is 0 Å². The van der Waals surface area contributed by atoms with E-state index in [4.69, 9.17) is 16.3 Å². The van der Waals surface area contributed by atoms with Crippen molar-refractivity contribution in [2.75, 3.05) is 7.11 Å². The zero-order valence-corrected chi connectivity index (χ0v) is 12.4. The Balaban J connectivity index is 2.04. The predicted octanol–water partition coefficient (Wildman–Crippen LogP) is 3.89. The van der Waals surface area contributed by atoms with Gasteiger partial charge in [-0.15, -0.1) is 11.6 Å². The molecular formula is C13H14BrClN2O. The molecule has 0 radical (unpaired) electrons. The molecule has 0 amide bonds. The molecule has 0 bridgehead atoms. The molecule has 96 valence electrons. The minimum Gasteiger partial charge on any atom is -0.381 e. The van der Waals surface area contributed by atoms with Gasteiger partial charge in [-0.1, -0.05) is 15.9 Å². The van der Waals surface area contributed by atoms with Crippen LogP contribution in [0.5, 0.6) is 0 Å². The third-order valence-electron chi connectivity index (χ3n) is 3.61. The van der Waals surface area contributed by atoms with E-state index in [2.05, 4.69) is 31.5 Å². The van der Waals surface area contributed by atoms with Crippen molar-refractivity contribution in [1.82, 2.24) is 9.55 Å². The van der Waals surface area contributed by atoms with Crippen LogP contribution in [0.15, 0.2) is 22.7 Å². The number of halogens is 2. The van der Waals surface area contributed by atoms with E-state index in [-0.39, 0.29) is 0 Å². The van der Waals surface area contributed by atoms with Crippen LogP contribution >= 0.6 is 27.5 Å². The Bertz CT molecular complexity index is 578. The fourth-order valence-corrected chi connectivity index (χ4v) is 3.10. The summed E-state index contributed by atoms with van der Waals surface area (Å²) in [6, 6.07) is 6.65. The maximum atomic E-state index is 6.01. The highest BCUT2D eigenvalue weighted by Gasteiger charge is 2.32. The standard InChI is InChI=1S/C13H14BrClN2O/c1-18-10-5-9(6-10)17-12-3-2-8(14)4-11(12)16-13(17)7-15/h2-4,9-10H,5-7H2,1H3. The van der Waals surface area contributed by atoms with Gasteiger partial charge in [-0.25, -0.2) is 4.98 Å². The van der Waals surface area contributed by atoms with E-state index in [0.717, 1.165) is 34.2 Å². The summed E-state index contributed by atoms with van der Waals surface area (Å²) in [5.41, 5.74) is 2.16. The molecule has 0 unspecified atom stereocenters. The Morgan fingerprint density at radius 2 is 2.28 bits per heavy atom. The van der Waals surface area contributed by atoms with Gasteiger partial charge in [0.15, 0.2) is 0 Å². The number of ether oxygens (including phenoxy) is 1. The van der Waals surface area contributed by atoms with Gasteiger partial charge in [-0.2, -0.15) is 0 Å². The SMILES string of the molecule is COC1CC(n2c(CCl)nc3cc(Br)ccc32)C1. The summed E-state index contributed by atoms with van der Waals surface area (Å²) in [6.07, 6.45) is 2.47. The molecule has 1 fully saturated rings. The van der Waals surface area contributed by atoms with Crippen LogP contribution in [0.2, 0.25) is 0 Å². The molecule has 1 aliphatic carbocycles. The molecule has 18 heavy (non-hydrogen) atoms. The highest BCUT2D eigenvalue weighted by atomic mass is 79.9. The second-order valence-electron chi connectivity index (χ2n) is 4.65. The van der Waals surface area contributed by atoms with Crippen molar-refractivity contribution >= 4 is 38.6 Å². The van der Waals surface area contributed by atoms with Crippen molar-refractivity contribution in [3.63, 3.8) is 0 Å². The summed E-state index contributed by atoms with van der Waals surface area (Å²) in [6.45, 7) is 0. The third kappa shape index (κ3) is 1.96. The van der Waals surface area contributed by atoms with Gasteiger partial charge in [-0.05, 0) is 31.0 Å². The summed E-state index contributed by atoms with van der Waals surface area (Å²) in [4.78, 5) is 4.61.